The predicted molar refractivity (Wildman–Crippen MR) is 67.1 cm³/mol. The van der Waals surface area contributed by atoms with Crippen molar-refractivity contribution in [3.63, 3.8) is 0 Å². The molecule has 18 heavy (non-hydrogen) atoms. The van der Waals surface area contributed by atoms with Crippen LogP contribution in [-0.2, 0) is 6.42 Å². The SMILES string of the molecule is Nc1nc2ccccc2n1C(=O)Cc1ccn[nH]1. The summed E-state index contributed by atoms with van der Waals surface area (Å²) in [4.78, 5) is 16.4. The van der Waals surface area contributed by atoms with Gasteiger partial charge >= 0.3 is 0 Å². The maximum Gasteiger partial charge on any atom is 0.239 e. The highest BCUT2D eigenvalue weighted by atomic mass is 16.2. The summed E-state index contributed by atoms with van der Waals surface area (Å²) in [6.07, 6.45) is 1.82. The number of carbonyl (C=O) groups excluding carboxylic acids is 1. The number of aromatic amines is 1. The van der Waals surface area contributed by atoms with Gasteiger partial charge in [-0.25, -0.2) is 9.55 Å². The minimum absolute atomic E-state index is 0.134. The van der Waals surface area contributed by atoms with E-state index in [1.165, 1.54) is 4.57 Å². The monoisotopic (exact) mass is 241 g/mol. The highest BCUT2D eigenvalue weighted by Crippen LogP contribution is 2.17. The lowest BCUT2D eigenvalue weighted by Gasteiger charge is -2.03. The van der Waals surface area contributed by atoms with Crippen LogP contribution < -0.4 is 5.73 Å². The van der Waals surface area contributed by atoms with Gasteiger partial charge in [-0.1, -0.05) is 12.1 Å². The van der Waals surface area contributed by atoms with E-state index in [0.717, 1.165) is 11.2 Å². The first-order valence-electron chi connectivity index (χ1n) is 5.50. The lowest BCUT2D eigenvalue weighted by atomic mass is 10.3. The Morgan fingerprint density at radius 1 is 1.33 bits per heavy atom. The molecule has 0 bridgehead atoms. The van der Waals surface area contributed by atoms with Crippen molar-refractivity contribution in [2.75, 3.05) is 5.73 Å². The lowest BCUT2D eigenvalue weighted by molar-refractivity contribution is 0.0920. The van der Waals surface area contributed by atoms with Crippen molar-refractivity contribution in [2.24, 2.45) is 0 Å². The van der Waals surface area contributed by atoms with Gasteiger partial charge in [0.25, 0.3) is 0 Å². The molecule has 3 aromatic rings. The van der Waals surface area contributed by atoms with Gasteiger partial charge in [-0.2, -0.15) is 5.10 Å². The van der Waals surface area contributed by atoms with Gasteiger partial charge in [0.15, 0.2) is 0 Å². The lowest BCUT2D eigenvalue weighted by Crippen LogP contribution is -2.16. The average molecular weight is 241 g/mol. The molecule has 0 saturated carbocycles. The van der Waals surface area contributed by atoms with Gasteiger partial charge < -0.3 is 5.73 Å². The molecule has 6 heteroatoms. The van der Waals surface area contributed by atoms with E-state index in [0.29, 0.717) is 5.52 Å². The number of hydrogen-bond donors (Lipinski definition) is 2. The van der Waals surface area contributed by atoms with E-state index in [4.69, 9.17) is 5.73 Å². The molecule has 0 aliphatic carbocycles. The summed E-state index contributed by atoms with van der Waals surface area (Å²) in [7, 11) is 0. The van der Waals surface area contributed by atoms with Crippen LogP contribution in [0.3, 0.4) is 0 Å². The number of nitrogens with zero attached hydrogens (tertiary/aromatic N) is 3. The number of benzene rings is 1. The van der Waals surface area contributed by atoms with Crippen molar-refractivity contribution >= 4 is 22.9 Å². The average Bonchev–Trinajstić information content (AvgIpc) is 2.94. The fourth-order valence-electron chi connectivity index (χ4n) is 1.93. The Morgan fingerprint density at radius 2 is 2.17 bits per heavy atom. The summed E-state index contributed by atoms with van der Waals surface area (Å²) < 4.78 is 1.43. The van der Waals surface area contributed by atoms with Gasteiger partial charge in [0.1, 0.15) is 0 Å². The molecule has 0 unspecified atom stereocenters. The first-order valence-corrected chi connectivity index (χ1v) is 5.50. The maximum atomic E-state index is 12.2. The van der Waals surface area contributed by atoms with Crippen molar-refractivity contribution in [2.45, 2.75) is 6.42 Å². The van der Waals surface area contributed by atoms with Crippen LogP contribution in [-0.4, -0.2) is 25.7 Å². The normalized spacial score (nSPS) is 10.9. The summed E-state index contributed by atoms with van der Waals surface area (Å²) in [5.74, 6) is 0.0752. The zero-order chi connectivity index (χ0) is 12.5. The van der Waals surface area contributed by atoms with Crippen molar-refractivity contribution in [3.8, 4) is 0 Å². The minimum Gasteiger partial charge on any atom is -0.369 e. The van der Waals surface area contributed by atoms with E-state index in [1.54, 1.807) is 12.3 Å². The van der Waals surface area contributed by atoms with Gasteiger partial charge in [0, 0.05) is 11.9 Å². The number of fused-ring (bicyclic) bond motifs is 1. The Labute approximate surface area is 102 Å². The number of imidazole rings is 1. The van der Waals surface area contributed by atoms with Crippen LogP contribution >= 0.6 is 0 Å². The van der Waals surface area contributed by atoms with Gasteiger partial charge in [0.05, 0.1) is 17.5 Å². The number of nitrogen functional groups attached to an aromatic ring is 1. The quantitative estimate of drug-likeness (QED) is 0.706. The van der Waals surface area contributed by atoms with Crippen LogP contribution in [0.5, 0.6) is 0 Å². The molecule has 0 radical (unpaired) electrons. The molecule has 3 N–H and O–H groups in total. The van der Waals surface area contributed by atoms with E-state index in [1.807, 2.05) is 24.3 Å². The molecule has 3 rings (SSSR count). The Kier molecular flexibility index (Phi) is 2.33. The summed E-state index contributed by atoms with van der Waals surface area (Å²) in [5, 5.41) is 6.56. The van der Waals surface area contributed by atoms with E-state index < -0.39 is 0 Å². The number of H-pyrrole nitrogens is 1. The molecule has 6 nitrogen and oxygen atoms in total. The first kappa shape index (κ1) is 10.5. The fourth-order valence-corrected chi connectivity index (χ4v) is 1.93. The van der Waals surface area contributed by atoms with Crippen LogP contribution in [0.1, 0.15) is 10.5 Å². The Morgan fingerprint density at radius 3 is 2.94 bits per heavy atom. The largest absolute Gasteiger partial charge is 0.369 e. The van der Waals surface area contributed by atoms with Crippen LogP contribution in [0.2, 0.25) is 0 Å². The highest BCUT2D eigenvalue weighted by molar-refractivity contribution is 5.94. The van der Waals surface area contributed by atoms with Gasteiger partial charge in [0.2, 0.25) is 11.9 Å². The third-order valence-electron chi connectivity index (χ3n) is 2.74. The molecule has 1 aromatic carbocycles. The molecule has 90 valence electrons. The van der Waals surface area contributed by atoms with Crippen molar-refractivity contribution in [3.05, 3.63) is 42.2 Å². The summed E-state index contributed by atoms with van der Waals surface area (Å²) >= 11 is 0. The number of nitrogens with one attached hydrogen (secondary N) is 1. The Balaban J connectivity index is 2.03. The van der Waals surface area contributed by atoms with Gasteiger partial charge in [-0.3, -0.25) is 9.89 Å². The summed E-state index contributed by atoms with van der Waals surface area (Å²) in [6, 6.07) is 9.12. The maximum absolute atomic E-state index is 12.2. The molecule has 0 amide bonds. The van der Waals surface area contributed by atoms with Crippen LogP contribution in [0.4, 0.5) is 5.95 Å². The molecular weight excluding hydrogens is 230 g/mol. The fraction of sp³-hybridized carbons (Fsp3) is 0.0833. The number of rotatable bonds is 2. The smallest absolute Gasteiger partial charge is 0.239 e. The standard InChI is InChI=1S/C12H11N5O/c13-12-15-9-3-1-2-4-10(9)17(12)11(18)7-8-5-6-14-16-8/h1-6H,7H2,(H2,13,15)(H,14,16). The van der Waals surface area contributed by atoms with E-state index >= 15 is 0 Å². The topological polar surface area (TPSA) is 89.6 Å². The predicted octanol–water partition coefficient (Wildman–Crippen LogP) is 1.22. The zero-order valence-corrected chi connectivity index (χ0v) is 9.50. The number of aromatic nitrogens is 4. The first-order chi connectivity index (χ1) is 8.75. The van der Waals surface area contributed by atoms with Gasteiger partial charge in [-0.15, -0.1) is 0 Å². The van der Waals surface area contributed by atoms with Crippen molar-refractivity contribution < 1.29 is 4.79 Å². The third-order valence-corrected chi connectivity index (χ3v) is 2.74. The van der Waals surface area contributed by atoms with Crippen LogP contribution in [0, 0.1) is 0 Å². The van der Waals surface area contributed by atoms with E-state index in [2.05, 4.69) is 15.2 Å². The number of nitrogens with two attached hydrogens (primary N) is 1. The minimum atomic E-state index is -0.134. The Hall–Kier alpha value is -2.63. The molecule has 0 fully saturated rings. The van der Waals surface area contributed by atoms with Crippen molar-refractivity contribution in [1.29, 1.82) is 0 Å². The third kappa shape index (κ3) is 1.64. The second-order valence-electron chi connectivity index (χ2n) is 3.95. The number of hydrogen-bond acceptors (Lipinski definition) is 4. The summed E-state index contributed by atoms with van der Waals surface area (Å²) in [5.41, 5.74) is 7.97. The molecule has 0 atom stereocenters. The Bertz CT molecular complexity index is 698. The second-order valence-corrected chi connectivity index (χ2v) is 3.95. The van der Waals surface area contributed by atoms with Gasteiger partial charge in [-0.05, 0) is 18.2 Å². The summed E-state index contributed by atoms with van der Waals surface area (Å²) in [6.45, 7) is 0. The molecule has 0 aliphatic heterocycles. The highest BCUT2D eigenvalue weighted by Gasteiger charge is 2.15. The second kappa shape index (κ2) is 3.99. The zero-order valence-electron chi connectivity index (χ0n) is 9.50. The number of para-hydroxylation sites is 2. The number of anilines is 1. The van der Waals surface area contributed by atoms with Crippen LogP contribution in [0.25, 0.3) is 11.0 Å². The van der Waals surface area contributed by atoms with E-state index in [9.17, 15) is 4.79 Å². The molecule has 0 spiro atoms. The molecule has 2 heterocycles. The molecule has 0 saturated heterocycles. The molecule has 0 aliphatic rings. The molecule has 2 aromatic heterocycles. The number of carbonyl (C=O) groups is 1. The van der Waals surface area contributed by atoms with Crippen molar-refractivity contribution in [1.82, 2.24) is 19.7 Å². The van der Waals surface area contributed by atoms with Crippen LogP contribution in [0.15, 0.2) is 36.5 Å². The molecular formula is C12H11N5O. The van der Waals surface area contributed by atoms with E-state index in [-0.39, 0.29) is 18.3 Å².